The number of benzene rings is 1. The van der Waals surface area contributed by atoms with E-state index in [9.17, 15) is 0 Å². The van der Waals surface area contributed by atoms with Crippen LogP contribution in [-0.4, -0.2) is 22.9 Å². The highest BCUT2D eigenvalue weighted by Crippen LogP contribution is 2.06. The molecule has 0 saturated heterocycles. The molecule has 0 heterocycles. The topological polar surface area (TPSA) is 66.5 Å². The molecule has 0 amide bonds. The van der Waals surface area contributed by atoms with E-state index in [1.165, 1.54) is 0 Å². The Labute approximate surface area is 85.2 Å². The van der Waals surface area contributed by atoms with Crippen LogP contribution in [0.25, 0.3) is 0 Å². The van der Waals surface area contributed by atoms with Gasteiger partial charge in [-0.25, -0.2) is 0 Å². The molecule has 80 valence electrons. The maximum Gasteiger partial charge on any atom is 0.0624 e. The molecule has 1 atom stereocenters. The van der Waals surface area contributed by atoms with Crippen LogP contribution in [0.5, 0.6) is 0 Å². The third-order valence-electron chi connectivity index (χ3n) is 1.42. The van der Waals surface area contributed by atoms with Gasteiger partial charge in [0, 0.05) is 6.10 Å². The van der Waals surface area contributed by atoms with E-state index in [0.717, 1.165) is 5.56 Å². The first-order valence-electron chi connectivity index (χ1n) is 4.67. The Morgan fingerprint density at radius 3 is 2.00 bits per heavy atom. The molecule has 0 fully saturated rings. The lowest BCUT2D eigenvalue weighted by Gasteiger charge is -2.06. The monoisotopic (exact) mass is 197 g/mol. The molecule has 3 nitrogen and oxygen atoms in total. The van der Waals surface area contributed by atoms with Crippen molar-refractivity contribution in [1.29, 1.82) is 0 Å². The SMILES string of the molecule is CC(C)O.N[C@@H](CO)c1ccccc1. The number of rotatable bonds is 2. The molecular formula is C11H19NO2. The van der Waals surface area contributed by atoms with Crippen molar-refractivity contribution < 1.29 is 10.2 Å². The Bertz CT molecular complexity index is 221. The van der Waals surface area contributed by atoms with Gasteiger partial charge in [0.25, 0.3) is 0 Å². The van der Waals surface area contributed by atoms with Crippen LogP contribution in [0.1, 0.15) is 25.5 Å². The number of hydrogen-bond acceptors (Lipinski definition) is 3. The minimum atomic E-state index is -0.235. The quantitative estimate of drug-likeness (QED) is 0.664. The first kappa shape index (κ1) is 13.1. The zero-order valence-corrected chi connectivity index (χ0v) is 8.72. The fraction of sp³-hybridized carbons (Fsp3) is 0.455. The van der Waals surface area contributed by atoms with Crippen LogP contribution in [-0.2, 0) is 0 Å². The van der Waals surface area contributed by atoms with Gasteiger partial charge in [0.2, 0.25) is 0 Å². The summed E-state index contributed by atoms with van der Waals surface area (Å²) in [6.07, 6.45) is -0.167. The van der Waals surface area contributed by atoms with Crippen molar-refractivity contribution >= 4 is 0 Å². The Morgan fingerprint density at radius 2 is 1.64 bits per heavy atom. The molecule has 1 aromatic carbocycles. The van der Waals surface area contributed by atoms with Crippen LogP contribution < -0.4 is 5.73 Å². The molecule has 0 aliphatic rings. The number of aliphatic hydroxyl groups is 2. The van der Waals surface area contributed by atoms with Gasteiger partial charge in [0.05, 0.1) is 12.6 Å². The van der Waals surface area contributed by atoms with Crippen molar-refractivity contribution in [2.24, 2.45) is 5.73 Å². The van der Waals surface area contributed by atoms with Crippen molar-refractivity contribution in [3.63, 3.8) is 0 Å². The Kier molecular flexibility index (Phi) is 7.02. The number of hydrogen-bond donors (Lipinski definition) is 3. The van der Waals surface area contributed by atoms with Gasteiger partial charge in [0.1, 0.15) is 0 Å². The maximum absolute atomic E-state index is 8.66. The minimum absolute atomic E-state index is 0.00398. The lowest BCUT2D eigenvalue weighted by atomic mass is 10.1. The molecule has 1 aromatic rings. The molecule has 14 heavy (non-hydrogen) atoms. The average Bonchev–Trinajstić information content (AvgIpc) is 2.17. The summed E-state index contributed by atoms with van der Waals surface area (Å²) in [7, 11) is 0. The van der Waals surface area contributed by atoms with Gasteiger partial charge in [-0.15, -0.1) is 0 Å². The second-order valence-corrected chi connectivity index (χ2v) is 3.29. The number of aliphatic hydroxyl groups excluding tert-OH is 2. The van der Waals surface area contributed by atoms with Crippen LogP contribution in [0.3, 0.4) is 0 Å². The summed E-state index contributed by atoms with van der Waals surface area (Å²) in [6.45, 7) is 3.45. The van der Waals surface area contributed by atoms with Crippen LogP contribution in [0.15, 0.2) is 30.3 Å². The van der Waals surface area contributed by atoms with Crippen LogP contribution in [0.4, 0.5) is 0 Å². The van der Waals surface area contributed by atoms with Crippen LogP contribution in [0.2, 0.25) is 0 Å². The normalized spacial score (nSPS) is 11.9. The summed E-state index contributed by atoms with van der Waals surface area (Å²) >= 11 is 0. The van der Waals surface area contributed by atoms with Crippen molar-refractivity contribution in [3.8, 4) is 0 Å². The zero-order valence-electron chi connectivity index (χ0n) is 8.72. The summed E-state index contributed by atoms with van der Waals surface area (Å²) in [5, 5.41) is 16.7. The third kappa shape index (κ3) is 6.60. The maximum atomic E-state index is 8.66. The molecule has 4 N–H and O–H groups in total. The predicted molar refractivity (Wildman–Crippen MR) is 57.8 cm³/mol. The first-order valence-corrected chi connectivity index (χ1v) is 4.67. The zero-order chi connectivity index (χ0) is 11.0. The lowest BCUT2D eigenvalue weighted by molar-refractivity contribution is 0.216. The molecular weight excluding hydrogens is 178 g/mol. The Morgan fingerprint density at radius 1 is 1.21 bits per heavy atom. The van der Waals surface area contributed by atoms with Crippen LogP contribution >= 0.6 is 0 Å². The standard InChI is InChI=1S/C8H11NO.C3H8O/c9-8(6-10)7-4-2-1-3-5-7;1-3(2)4/h1-5,8,10H,6,9H2;3-4H,1-2H3/t8-;/m0./s1. The summed E-state index contributed by atoms with van der Waals surface area (Å²) in [5.74, 6) is 0. The summed E-state index contributed by atoms with van der Waals surface area (Å²) in [4.78, 5) is 0. The smallest absolute Gasteiger partial charge is 0.0624 e. The van der Waals surface area contributed by atoms with E-state index in [-0.39, 0.29) is 18.8 Å². The van der Waals surface area contributed by atoms with Crippen LogP contribution in [0, 0.1) is 0 Å². The number of nitrogens with two attached hydrogens (primary N) is 1. The fourth-order valence-corrected chi connectivity index (χ4v) is 0.806. The molecule has 0 spiro atoms. The van der Waals surface area contributed by atoms with Gasteiger partial charge in [-0.3, -0.25) is 0 Å². The predicted octanol–water partition coefficient (Wildman–Crippen LogP) is 1.07. The summed E-state index contributed by atoms with van der Waals surface area (Å²) in [6, 6.07) is 9.31. The van der Waals surface area contributed by atoms with E-state index in [1.807, 2.05) is 30.3 Å². The lowest BCUT2D eigenvalue weighted by Crippen LogP contribution is -2.13. The van der Waals surface area contributed by atoms with Gasteiger partial charge in [0.15, 0.2) is 0 Å². The van der Waals surface area contributed by atoms with E-state index in [1.54, 1.807) is 13.8 Å². The van der Waals surface area contributed by atoms with Gasteiger partial charge in [-0.1, -0.05) is 30.3 Å². The van der Waals surface area contributed by atoms with E-state index >= 15 is 0 Å². The van der Waals surface area contributed by atoms with E-state index < -0.39 is 0 Å². The highest BCUT2D eigenvalue weighted by Gasteiger charge is 2.00. The second kappa shape index (κ2) is 7.50. The summed E-state index contributed by atoms with van der Waals surface area (Å²) in [5.41, 5.74) is 6.52. The molecule has 0 bridgehead atoms. The van der Waals surface area contributed by atoms with Crippen molar-refractivity contribution in [1.82, 2.24) is 0 Å². The molecule has 0 unspecified atom stereocenters. The van der Waals surface area contributed by atoms with Crippen molar-refractivity contribution in [3.05, 3.63) is 35.9 Å². The third-order valence-corrected chi connectivity index (χ3v) is 1.42. The van der Waals surface area contributed by atoms with Gasteiger partial charge < -0.3 is 15.9 Å². The molecule has 0 aromatic heterocycles. The van der Waals surface area contributed by atoms with Crippen molar-refractivity contribution in [2.75, 3.05) is 6.61 Å². The highest BCUT2D eigenvalue weighted by atomic mass is 16.3. The molecule has 0 aliphatic carbocycles. The van der Waals surface area contributed by atoms with Gasteiger partial charge in [-0.2, -0.15) is 0 Å². The first-order chi connectivity index (χ1) is 6.57. The molecule has 0 saturated carbocycles. The second-order valence-electron chi connectivity index (χ2n) is 3.29. The largest absolute Gasteiger partial charge is 0.394 e. The molecule has 0 aliphatic heterocycles. The van der Waals surface area contributed by atoms with Gasteiger partial charge >= 0.3 is 0 Å². The van der Waals surface area contributed by atoms with Crippen molar-refractivity contribution in [2.45, 2.75) is 26.0 Å². The average molecular weight is 197 g/mol. The minimum Gasteiger partial charge on any atom is -0.394 e. The molecule has 3 heteroatoms. The fourth-order valence-electron chi connectivity index (χ4n) is 0.806. The molecule has 0 radical (unpaired) electrons. The molecule has 1 rings (SSSR count). The van der Waals surface area contributed by atoms with E-state index in [2.05, 4.69) is 0 Å². The Hall–Kier alpha value is -0.900. The Balaban J connectivity index is 0.000000364. The van der Waals surface area contributed by atoms with Gasteiger partial charge in [-0.05, 0) is 19.4 Å². The highest BCUT2D eigenvalue weighted by molar-refractivity contribution is 5.18. The van der Waals surface area contributed by atoms with E-state index in [0.29, 0.717) is 0 Å². The van der Waals surface area contributed by atoms with E-state index in [4.69, 9.17) is 15.9 Å². The summed E-state index contributed by atoms with van der Waals surface area (Å²) < 4.78 is 0.